The normalized spacial score (nSPS) is 12.9. The van der Waals surface area contributed by atoms with E-state index in [0.29, 0.717) is 0 Å². The van der Waals surface area contributed by atoms with Gasteiger partial charge in [-0.15, -0.1) is 5.14 Å². The molecule has 7 heavy (non-hydrogen) atoms. The van der Waals surface area contributed by atoms with Crippen LogP contribution in [0.3, 0.4) is 0 Å². The van der Waals surface area contributed by atoms with Gasteiger partial charge in [-0.1, -0.05) is 6.08 Å². The lowest BCUT2D eigenvalue weighted by Gasteiger charge is -1.76. The van der Waals surface area contributed by atoms with E-state index in [1.54, 1.807) is 6.92 Å². The first-order chi connectivity index (χ1) is 3.06. The quantitative estimate of drug-likeness (QED) is 0.494. The second kappa shape index (κ2) is 2.09. The molecule has 0 heterocycles. The van der Waals surface area contributed by atoms with Crippen molar-refractivity contribution in [2.45, 2.75) is 6.92 Å². The Morgan fingerprint density at radius 2 is 2.00 bits per heavy atom. The van der Waals surface area contributed by atoms with E-state index in [9.17, 15) is 8.42 Å². The lowest BCUT2D eigenvalue weighted by Crippen LogP contribution is -1.91. The summed E-state index contributed by atoms with van der Waals surface area (Å²) >= 11 is 0. The highest BCUT2D eigenvalue weighted by Gasteiger charge is 1.89. The van der Waals surface area contributed by atoms with Crippen molar-refractivity contribution in [3.8, 4) is 0 Å². The van der Waals surface area contributed by atoms with Crippen LogP contribution >= 0.6 is 0 Å². The SMILES string of the molecule is CC=CS([NH])(=O)=O. The second-order valence-corrected chi connectivity index (χ2v) is 2.38. The summed E-state index contributed by atoms with van der Waals surface area (Å²) in [6, 6.07) is 0. The van der Waals surface area contributed by atoms with Crippen molar-refractivity contribution < 1.29 is 8.42 Å². The van der Waals surface area contributed by atoms with Gasteiger partial charge in [0.1, 0.15) is 0 Å². The third kappa shape index (κ3) is 5.65. The molecule has 41 valence electrons. The number of sulfonamides is 1. The van der Waals surface area contributed by atoms with Crippen molar-refractivity contribution in [3.63, 3.8) is 0 Å². The number of nitrogens with one attached hydrogen (secondary N) is 1. The topological polar surface area (TPSA) is 57.9 Å². The van der Waals surface area contributed by atoms with E-state index in [-0.39, 0.29) is 0 Å². The van der Waals surface area contributed by atoms with Crippen LogP contribution in [0.2, 0.25) is 0 Å². The maximum absolute atomic E-state index is 9.81. The van der Waals surface area contributed by atoms with Crippen LogP contribution in [-0.2, 0) is 10.0 Å². The maximum Gasteiger partial charge on any atom is 0.246 e. The fourth-order valence-corrected chi connectivity index (χ4v) is 0.537. The van der Waals surface area contributed by atoms with Crippen molar-refractivity contribution in [1.29, 1.82) is 0 Å². The molecule has 0 aromatic rings. The fraction of sp³-hybridized carbons (Fsp3) is 0.333. The molecular weight excluding hydrogens is 114 g/mol. The lowest BCUT2D eigenvalue weighted by atomic mass is 10.8. The van der Waals surface area contributed by atoms with Gasteiger partial charge >= 0.3 is 0 Å². The van der Waals surface area contributed by atoms with Gasteiger partial charge in [0, 0.05) is 5.41 Å². The predicted octanol–water partition coefficient (Wildman–Crippen LogP) is 0.133. The minimum absolute atomic E-state index is 0.826. The Bertz CT molecular complexity index is 156. The first kappa shape index (κ1) is 6.65. The first-order valence-corrected chi connectivity index (χ1v) is 3.23. The van der Waals surface area contributed by atoms with E-state index in [1.807, 2.05) is 0 Å². The zero-order valence-electron chi connectivity index (χ0n) is 3.88. The Morgan fingerprint density at radius 3 is 2.00 bits per heavy atom. The minimum Gasteiger partial charge on any atom is -0.206 e. The molecule has 3 nitrogen and oxygen atoms in total. The Labute approximate surface area is 42.9 Å². The third-order valence-electron chi connectivity index (χ3n) is 0.315. The minimum atomic E-state index is -3.60. The largest absolute Gasteiger partial charge is 0.246 e. The Kier molecular flexibility index (Phi) is 1.98. The molecule has 0 aromatic carbocycles. The Hall–Kier alpha value is -0.350. The van der Waals surface area contributed by atoms with Gasteiger partial charge in [-0.05, 0) is 6.92 Å². The van der Waals surface area contributed by atoms with E-state index in [0.717, 1.165) is 5.41 Å². The van der Waals surface area contributed by atoms with Crippen LogP contribution in [0.5, 0.6) is 0 Å². The molecule has 1 N–H and O–H groups in total. The first-order valence-electron chi connectivity index (χ1n) is 1.68. The standard InChI is InChI=1S/C3H6NO2S/c1-2-3-7(4,5)6/h2-4H,1H3. The summed E-state index contributed by atoms with van der Waals surface area (Å²) in [5.41, 5.74) is 0. The van der Waals surface area contributed by atoms with E-state index in [2.05, 4.69) is 0 Å². The van der Waals surface area contributed by atoms with E-state index in [1.165, 1.54) is 6.08 Å². The lowest BCUT2D eigenvalue weighted by molar-refractivity contribution is 0.605. The maximum atomic E-state index is 9.81. The van der Waals surface area contributed by atoms with Crippen LogP contribution in [0.15, 0.2) is 11.5 Å². The molecule has 0 amide bonds. The molecule has 0 bridgehead atoms. The Morgan fingerprint density at radius 1 is 1.57 bits per heavy atom. The predicted molar refractivity (Wildman–Crippen MR) is 26.8 cm³/mol. The summed E-state index contributed by atoms with van der Waals surface area (Å²) in [5.74, 6) is 0. The molecule has 0 spiro atoms. The smallest absolute Gasteiger partial charge is 0.206 e. The summed E-state index contributed by atoms with van der Waals surface area (Å²) in [6.45, 7) is 1.55. The van der Waals surface area contributed by atoms with Crippen LogP contribution < -0.4 is 5.14 Å². The molecule has 0 fully saturated rings. The van der Waals surface area contributed by atoms with Gasteiger partial charge in [0.2, 0.25) is 10.0 Å². The highest BCUT2D eigenvalue weighted by atomic mass is 32.2. The average Bonchev–Trinajstić information content (AvgIpc) is 1.30. The van der Waals surface area contributed by atoms with Crippen molar-refractivity contribution in [2.75, 3.05) is 0 Å². The molecule has 0 aliphatic rings. The molecule has 0 aromatic heterocycles. The Balaban J connectivity index is 4.13. The molecule has 0 rings (SSSR count). The van der Waals surface area contributed by atoms with Crippen LogP contribution in [-0.4, -0.2) is 8.42 Å². The molecule has 0 saturated heterocycles. The van der Waals surface area contributed by atoms with Crippen LogP contribution in [0.4, 0.5) is 0 Å². The summed E-state index contributed by atoms with van der Waals surface area (Å²) in [4.78, 5) is 0. The van der Waals surface area contributed by atoms with Crippen LogP contribution in [0.1, 0.15) is 6.92 Å². The van der Waals surface area contributed by atoms with Gasteiger partial charge in [0.05, 0.1) is 0 Å². The molecule has 0 aliphatic heterocycles. The molecule has 4 heteroatoms. The second-order valence-electron chi connectivity index (χ2n) is 1.01. The van der Waals surface area contributed by atoms with Crippen molar-refractivity contribution >= 4 is 10.0 Å². The van der Waals surface area contributed by atoms with E-state index < -0.39 is 10.0 Å². The zero-order valence-corrected chi connectivity index (χ0v) is 4.70. The average molecular weight is 120 g/mol. The third-order valence-corrected chi connectivity index (χ3v) is 0.946. The summed E-state index contributed by atoms with van der Waals surface area (Å²) in [6.07, 6.45) is 1.31. The van der Waals surface area contributed by atoms with E-state index >= 15 is 0 Å². The number of rotatable bonds is 1. The number of allylic oxidation sites excluding steroid dienone is 1. The fourth-order valence-electron chi connectivity index (χ4n) is 0.179. The molecule has 0 unspecified atom stereocenters. The zero-order chi connectivity index (χ0) is 5.91. The summed E-state index contributed by atoms with van der Waals surface area (Å²) < 4.78 is 19.6. The molecular formula is C3H6NO2S. The molecule has 0 aliphatic carbocycles. The molecule has 0 atom stereocenters. The highest BCUT2D eigenvalue weighted by molar-refractivity contribution is 7.91. The van der Waals surface area contributed by atoms with E-state index in [4.69, 9.17) is 5.14 Å². The van der Waals surface area contributed by atoms with Crippen LogP contribution in [0, 0.1) is 0 Å². The number of hydrogen-bond acceptors (Lipinski definition) is 2. The summed E-state index contributed by atoms with van der Waals surface area (Å²) in [5, 5.41) is 7.04. The van der Waals surface area contributed by atoms with Gasteiger partial charge in [-0.25, -0.2) is 8.42 Å². The van der Waals surface area contributed by atoms with Gasteiger partial charge in [-0.2, -0.15) is 0 Å². The summed E-state index contributed by atoms with van der Waals surface area (Å²) in [7, 11) is -3.60. The van der Waals surface area contributed by atoms with Crippen molar-refractivity contribution in [3.05, 3.63) is 11.5 Å². The number of hydrogen-bond donors (Lipinski definition) is 0. The van der Waals surface area contributed by atoms with Gasteiger partial charge in [0.15, 0.2) is 0 Å². The van der Waals surface area contributed by atoms with Crippen LogP contribution in [0.25, 0.3) is 0 Å². The highest BCUT2D eigenvalue weighted by Crippen LogP contribution is 1.79. The van der Waals surface area contributed by atoms with Gasteiger partial charge in [-0.3, -0.25) is 0 Å². The van der Waals surface area contributed by atoms with Crippen molar-refractivity contribution in [2.24, 2.45) is 0 Å². The van der Waals surface area contributed by atoms with Crippen molar-refractivity contribution in [1.82, 2.24) is 5.14 Å². The molecule has 1 radical (unpaired) electrons. The van der Waals surface area contributed by atoms with Gasteiger partial charge in [0.25, 0.3) is 0 Å². The van der Waals surface area contributed by atoms with Gasteiger partial charge < -0.3 is 0 Å². The molecule has 0 saturated carbocycles. The monoisotopic (exact) mass is 120 g/mol.